The average Bonchev–Trinajstić information content (AvgIpc) is 3.14. The number of aromatic nitrogens is 2. The highest BCUT2D eigenvalue weighted by molar-refractivity contribution is 5.94. The molecule has 0 aliphatic rings. The number of carbonyl (C=O) groups is 1. The van der Waals surface area contributed by atoms with Gasteiger partial charge in [-0.25, -0.2) is 9.07 Å². The second-order valence-corrected chi connectivity index (χ2v) is 6.31. The molecule has 0 aliphatic carbocycles. The number of rotatable bonds is 6. The largest absolute Gasteiger partial charge is 0.497 e. The molecule has 2 aromatic carbocycles. The molecule has 5 nitrogen and oxygen atoms in total. The van der Waals surface area contributed by atoms with Crippen LogP contribution in [0.4, 0.5) is 4.39 Å². The summed E-state index contributed by atoms with van der Waals surface area (Å²) in [6, 6.07) is 15.1. The smallest absolute Gasteiger partial charge is 0.270 e. The zero-order valence-electron chi connectivity index (χ0n) is 15.6. The Kier molecular flexibility index (Phi) is 5.54. The van der Waals surface area contributed by atoms with Crippen molar-refractivity contribution in [1.82, 2.24) is 15.1 Å². The fourth-order valence-electron chi connectivity index (χ4n) is 2.62. The van der Waals surface area contributed by atoms with Gasteiger partial charge >= 0.3 is 0 Å². The van der Waals surface area contributed by atoms with E-state index in [-0.39, 0.29) is 17.8 Å². The molecule has 1 heterocycles. The Hall–Kier alpha value is -3.15. The lowest BCUT2D eigenvalue weighted by molar-refractivity contribution is 0.0931. The zero-order valence-corrected chi connectivity index (χ0v) is 15.6. The van der Waals surface area contributed by atoms with Crippen molar-refractivity contribution in [3.05, 3.63) is 66.1 Å². The van der Waals surface area contributed by atoms with Crippen LogP contribution < -0.4 is 10.1 Å². The molecule has 1 aromatic heterocycles. The molecule has 1 N–H and O–H groups in total. The predicted molar refractivity (Wildman–Crippen MR) is 103 cm³/mol. The van der Waals surface area contributed by atoms with Gasteiger partial charge in [0.15, 0.2) is 0 Å². The first kappa shape index (κ1) is 18.6. The third kappa shape index (κ3) is 4.16. The normalized spacial score (nSPS) is 11.9. The standard InChI is InChI=1S/C21H22FN3O2/c1-4-14(2)23-21(26)20-13-19(15-5-7-16(22)8-6-15)24-25(20)17-9-11-18(27-3)12-10-17/h5-14H,4H2,1-3H3,(H,23,26). The van der Waals surface area contributed by atoms with Crippen molar-refractivity contribution in [2.45, 2.75) is 26.3 Å². The van der Waals surface area contributed by atoms with E-state index in [2.05, 4.69) is 10.4 Å². The number of methoxy groups -OCH3 is 1. The summed E-state index contributed by atoms with van der Waals surface area (Å²) in [6.45, 7) is 3.96. The maximum absolute atomic E-state index is 13.2. The highest BCUT2D eigenvalue weighted by atomic mass is 19.1. The van der Waals surface area contributed by atoms with Crippen LogP contribution in [0, 0.1) is 5.82 Å². The lowest BCUT2D eigenvalue weighted by Crippen LogP contribution is -2.33. The van der Waals surface area contributed by atoms with Gasteiger partial charge < -0.3 is 10.1 Å². The van der Waals surface area contributed by atoms with Gasteiger partial charge in [0.2, 0.25) is 0 Å². The summed E-state index contributed by atoms with van der Waals surface area (Å²) in [5.74, 6) is 0.194. The molecule has 6 heteroatoms. The van der Waals surface area contributed by atoms with Crippen LogP contribution >= 0.6 is 0 Å². The zero-order chi connectivity index (χ0) is 19.4. The topological polar surface area (TPSA) is 56.2 Å². The predicted octanol–water partition coefficient (Wildman–Crippen LogP) is 4.22. The summed E-state index contributed by atoms with van der Waals surface area (Å²) in [6.07, 6.45) is 0.827. The quantitative estimate of drug-likeness (QED) is 0.710. The van der Waals surface area contributed by atoms with Gasteiger partial charge in [0, 0.05) is 11.6 Å². The first-order valence-corrected chi connectivity index (χ1v) is 8.83. The van der Waals surface area contributed by atoms with Crippen molar-refractivity contribution in [2.75, 3.05) is 7.11 Å². The summed E-state index contributed by atoms with van der Waals surface area (Å²) in [4.78, 5) is 12.8. The lowest BCUT2D eigenvalue weighted by Gasteiger charge is -2.12. The van der Waals surface area contributed by atoms with Crippen molar-refractivity contribution in [1.29, 1.82) is 0 Å². The molecular formula is C21H22FN3O2. The summed E-state index contributed by atoms with van der Waals surface area (Å²) in [5.41, 5.74) is 2.49. The molecule has 1 unspecified atom stereocenters. The van der Waals surface area contributed by atoms with Crippen LogP contribution in [0.1, 0.15) is 30.8 Å². The third-order valence-electron chi connectivity index (χ3n) is 4.39. The fraction of sp³-hybridized carbons (Fsp3) is 0.238. The molecule has 0 bridgehead atoms. The van der Waals surface area contributed by atoms with E-state index in [4.69, 9.17) is 4.74 Å². The van der Waals surface area contributed by atoms with Gasteiger partial charge in [0.1, 0.15) is 17.3 Å². The Balaban J connectivity index is 2.05. The molecule has 140 valence electrons. The summed E-state index contributed by atoms with van der Waals surface area (Å²) in [7, 11) is 1.60. The maximum atomic E-state index is 13.2. The number of benzene rings is 2. The van der Waals surface area contributed by atoms with Crippen molar-refractivity contribution in [3.8, 4) is 22.7 Å². The number of nitrogens with one attached hydrogen (secondary N) is 1. The van der Waals surface area contributed by atoms with E-state index in [1.807, 2.05) is 38.1 Å². The monoisotopic (exact) mass is 367 g/mol. The maximum Gasteiger partial charge on any atom is 0.270 e. The molecule has 0 spiro atoms. The number of amides is 1. The van der Waals surface area contributed by atoms with Gasteiger partial charge in [-0.05, 0) is 67.9 Å². The van der Waals surface area contributed by atoms with Crippen LogP contribution in [0.15, 0.2) is 54.6 Å². The second-order valence-electron chi connectivity index (χ2n) is 6.31. The molecule has 0 saturated heterocycles. The molecule has 3 rings (SSSR count). The second kappa shape index (κ2) is 8.03. The molecular weight excluding hydrogens is 345 g/mol. The minimum Gasteiger partial charge on any atom is -0.497 e. The molecule has 1 amide bonds. The number of ether oxygens (including phenoxy) is 1. The van der Waals surface area contributed by atoms with Gasteiger partial charge in [-0.2, -0.15) is 5.10 Å². The fourth-order valence-corrected chi connectivity index (χ4v) is 2.62. The van der Waals surface area contributed by atoms with Crippen LogP contribution in [0.2, 0.25) is 0 Å². The van der Waals surface area contributed by atoms with E-state index in [1.165, 1.54) is 12.1 Å². The van der Waals surface area contributed by atoms with Gasteiger partial charge in [0.25, 0.3) is 5.91 Å². The number of hydrogen-bond acceptors (Lipinski definition) is 3. The Bertz CT molecular complexity index is 918. The summed E-state index contributed by atoms with van der Waals surface area (Å²) < 4.78 is 20.0. The SMILES string of the molecule is CCC(C)NC(=O)c1cc(-c2ccc(F)cc2)nn1-c1ccc(OC)cc1. The van der Waals surface area contributed by atoms with Gasteiger partial charge in [0.05, 0.1) is 18.5 Å². The number of halogens is 1. The van der Waals surface area contributed by atoms with E-state index >= 15 is 0 Å². The Morgan fingerprint density at radius 1 is 1.19 bits per heavy atom. The molecule has 0 saturated carbocycles. The van der Waals surface area contributed by atoms with Crippen molar-refractivity contribution in [2.24, 2.45) is 0 Å². The molecule has 0 fully saturated rings. The number of hydrogen-bond donors (Lipinski definition) is 1. The Labute approximate surface area is 157 Å². The van der Waals surface area contributed by atoms with E-state index in [0.29, 0.717) is 11.4 Å². The molecule has 3 aromatic rings. The van der Waals surface area contributed by atoms with Gasteiger partial charge in [-0.15, -0.1) is 0 Å². The first-order chi connectivity index (χ1) is 13.0. The lowest BCUT2D eigenvalue weighted by atomic mass is 10.1. The number of carbonyl (C=O) groups excluding carboxylic acids is 1. The molecule has 0 radical (unpaired) electrons. The Morgan fingerprint density at radius 2 is 1.85 bits per heavy atom. The summed E-state index contributed by atoms with van der Waals surface area (Å²) in [5, 5.41) is 7.55. The molecule has 27 heavy (non-hydrogen) atoms. The highest BCUT2D eigenvalue weighted by Gasteiger charge is 2.19. The van der Waals surface area contributed by atoms with Gasteiger partial charge in [-0.3, -0.25) is 4.79 Å². The van der Waals surface area contributed by atoms with Crippen LogP contribution in [0.3, 0.4) is 0 Å². The Morgan fingerprint density at radius 3 is 2.44 bits per heavy atom. The highest BCUT2D eigenvalue weighted by Crippen LogP contribution is 2.23. The van der Waals surface area contributed by atoms with Crippen LogP contribution in [0.25, 0.3) is 16.9 Å². The third-order valence-corrected chi connectivity index (χ3v) is 4.39. The van der Waals surface area contributed by atoms with Crippen LogP contribution in [-0.4, -0.2) is 28.8 Å². The van der Waals surface area contributed by atoms with E-state index < -0.39 is 0 Å². The van der Waals surface area contributed by atoms with E-state index in [0.717, 1.165) is 23.4 Å². The minimum atomic E-state index is -0.317. The number of nitrogens with zero attached hydrogens (tertiary/aromatic N) is 2. The molecule has 0 aliphatic heterocycles. The first-order valence-electron chi connectivity index (χ1n) is 8.83. The van der Waals surface area contributed by atoms with Crippen LogP contribution in [-0.2, 0) is 0 Å². The minimum absolute atomic E-state index is 0.0472. The molecule has 1 atom stereocenters. The van der Waals surface area contributed by atoms with Crippen molar-refractivity contribution < 1.29 is 13.9 Å². The van der Waals surface area contributed by atoms with Crippen molar-refractivity contribution >= 4 is 5.91 Å². The van der Waals surface area contributed by atoms with E-state index in [1.54, 1.807) is 30.0 Å². The van der Waals surface area contributed by atoms with E-state index in [9.17, 15) is 9.18 Å². The van der Waals surface area contributed by atoms with Crippen LogP contribution in [0.5, 0.6) is 5.75 Å². The van der Waals surface area contributed by atoms with Gasteiger partial charge in [-0.1, -0.05) is 6.92 Å². The van der Waals surface area contributed by atoms with Crippen molar-refractivity contribution in [3.63, 3.8) is 0 Å². The summed E-state index contributed by atoms with van der Waals surface area (Å²) >= 11 is 0. The average molecular weight is 367 g/mol.